The lowest BCUT2D eigenvalue weighted by Gasteiger charge is -2.35. The van der Waals surface area contributed by atoms with Gasteiger partial charge in [0, 0.05) is 31.1 Å². The fourth-order valence-corrected chi connectivity index (χ4v) is 4.30. The largest absolute Gasteiger partial charge is 0.497 e. The van der Waals surface area contributed by atoms with Crippen molar-refractivity contribution in [3.63, 3.8) is 0 Å². The van der Waals surface area contributed by atoms with Crippen molar-refractivity contribution in [3.8, 4) is 5.75 Å². The number of hydrogen-bond acceptors (Lipinski definition) is 4. The summed E-state index contributed by atoms with van der Waals surface area (Å²) < 4.78 is 11.0. The number of hydrogen-bond donors (Lipinski definition) is 2. The van der Waals surface area contributed by atoms with Crippen LogP contribution in [0.1, 0.15) is 32.3 Å². The van der Waals surface area contributed by atoms with E-state index < -0.39 is 0 Å². The number of nitrogens with zero attached hydrogens (tertiary/aromatic N) is 1. The maximum Gasteiger partial charge on any atom is 0.191 e. The van der Waals surface area contributed by atoms with E-state index in [0.29, 0.717) is 0 Å². The van der Waals surface area contributed by atoms with Gasteiger partial charge in [-0.05, 0) is 49.6 Å². The summed E-state index contributed by atoms with van der Waals surface area (Å²) in [5.41, 5.74) is 1.29. The van der Waals surface area contributed by atoms with Crippen LogP contribution in [0.25, 0.3) is 0 Å². The standard InChI is InChI=1S/C20H33N3O2S/c1-4-21-19(22-13-10-17-6-8-18(24-3)9-7-17)23-16-20(26-5-2)11-14-25-15-12-20/h6-9H,4-5,10-16H2,1-3H3,(H2,21,22,23). The van der Waals surface area contributed by atoms with Crippen LogP contribution < -0.4 is 15.4 Å². The molecule has 1 aliphatic heterocycles. The molecule has 0 bridgehead atoms. The average Bonchev–Trinajstić information content (AvgIpc) is 2.68. The van der Waals surface area contributed by atoms with Gasteiger partial charge in [0.2, 0.25) is 0 Å². The van der Waals surface area contributed by atoms with Gasteiger partial charge in [-0.1, -0.05) is 19.1 Å². The predicted molar refractivity (Wildman–Crippen MR) is 112 cm³/mol. The Bertz CT molecular complexity index is 537. The highest BCUT2D eigenvalue weighted by molar-refractivity contribution is 8.00. The first kappa shape index (κ1) is 20.9. The summed E-state index contributed by atoms with van der Waals surface area (Å²) in [7, 11) is 1.69. The van der Waals surface area contributed by atoms with Crippen molar-refractivity contribution < 1.29 is 9.47 Å². The predicted octanol–water partition coefficient (Wildman–Crippen LogP) is 3.10. The fraction of sp³-hybridized carbons (Fsp3) is 0.650. The Hall–Kier alpha value is -1.40. The molecular weight excluding hydrogens is 346 g/mol. The van der Waals surface area contributed by atoms with E-state index in [9.17, 15) is 0 Å². The third-order valence-electron chi connectivity index (χ3n) is 4.59. The van der Waals surface area contributed by atoms with Crippen molar-refractivity contribution in [2.45, 2.75) is 37.9 Å². The van der Waals surface area contributed by atoms with E-state index >= 15 is 0 Å². The quantitative estimate of drug-likeness (QED) is 0.510. The minimum atomic E-state index is 0.228. The summed E-state index contributed by atoms with van der Waals surface area (Å²) in [4.78, 5) is 4.88. The monoisotopic (exact) mass is 379 g/mol. The number of benzene rings is 1. The van der Waals surface area contributed by atoms with E-state index in [1.54, 1.807) is 7.11 Å². The van der Waals surface area contributed by atoms with E-state index in [1.165, 1.54) is 5.56 Å². The smallest absolute Gasteiger partial charge is 0.191 e. The Morgan fingerprint density at radius 3 is 2.54 bits per heavy atom. The normalized spacial score (nSPS) is 17.0. The first-order valence-corrected chi connectivity index (χ1v) is 10.6. The van der Waals surface area contributed by atoms with Crippen molar-refractivity contribution in [2.24, 2.45) is 4.99 Å². The summed E-state index contributed by atoms with van der Waals surface area (Å²) in [6.07, 6.45) is 3.12. The highest BCUT2D eigenvalue weighted by Gasteiger charge is 2.32. The van der Waals surface area contributed by atoms with Crippen LogP contribution in [0, 0.1) is 0 Å². The van der Waals surface area contributed by atoms with Crippen LogP contribution >= 0.6 is 11.8 Å². The molecule has 0 unspecified atom stereocenters. The van der Waals surface area contributed by atoms with Crippen LogP contribution in [0.3, 0.4) is 0 Å². The molecule has 0 atom stereocenters. The van der Waals surface area contributed by atoms with Crippen molar-refractivity contribution >= 4 is 17.7 Å². The van der Waals surface area contributed by atoms with Gasteiger partial charge in [0.05, 0.1) is 13.7 Å². The molecule has 1 aromatic carbocycles. The molecule has 1 saturated heterocycles. The molecular formula is C20H33N3O2S. The van der Waals surface area contributed by atoms with Gasteiger partial charge in [0.15, 0.2) is 5.96 Å². The van der Waals surface area contributed by atoms with Crippen LogP contribution in [0.15, 0.2) is 29.3 Å². The van der Waals surface area contributed by atoms with Crippen LogP contribution in [0.2, 0.25) is 0 Å². The second-order valence-electron chi connectivity index (χ2n) is 6.45. The summed E-state index contributed by atoms with van der Waals surface area (Å²) in [6.45, 7) is 8.59. The molecule has 26 heavy (non-hydrogen) atoms. The van der Waals surface area contributed by atoms with Gasteiger partial charge in [0.25, 0.3) is 0 Å². The van der Waals surface area contributed by atoms with Crippen molar-refractivity contribution in [3.05, 3.63) is 29.8 Å². The molecule has 1 aliphatic rings. The Balaban J connectivity index is 1.88. The van der Waals surface area contributed by atoms with Crippen molar-refractivity contribution in [1.82, 2.24) is 10.6 Å². The van der Waals surface area contributed by atoms with Gasteiger partial charge < -0.3 is 20.1 Å². The Morgan fingerprint density at radius 2 is 1.92 bits per heavy atom. The Kier molecular flexibility index (Phi) is 9.12. The van der Waals surface area contributed by atoms with Gasteiger partial charge in [-0.25, -0.2) is 0 Å². The Labute approximate surface area is 162 Å². The van der Waals surface area contributed by atoms with E-state index in [-0.39, 0.29) is 4.75 Å². The molecule has 1 heterocycles. The molecule has 1 fully saturated rings. The Morgan fingerprint density at radius 1 is 1.19 bits per heavy atom. The molecule has 5 nitrogen and oxygen atoms in total. The van der Waals surface area contributed by atoms with Crippen LogP contribution in [-0.2, 0) is 11.2 Å². The lowest BCUT2D eigenvalue weighted by Crippen LogP contribution is -2.41. The number of thioether (sulfide) groups is 1. The summed E-state index contributed by atoms with van der Waals surface area (Å²) in [5.74, 6) is 2.92. The SMILES string of the molecule is CCNC(=NCC1(SCC)CCOCC1)NCCc1ccc(OC)cc1. The molecule has 2 N–H and O–H groups in total. The van der Waals surface area contributed by atoms with Gasteiger partial charge >= 0.3 is 0 Å². The minimum absolute atomic E-state index is 0.228. The summed E-state index contributed by atoms with van der Waals surface area (Å²) in [5, 5.41) is 6.83. The van der Waals surface area contributed by atoms with E-state index in [1.807, 2.05) is 23.9 Å². The zero-order chi connectivity index (χ0) is 18.7. The number of rotatable bonds is 9. The zero-order valence-electron chi connectivity index (χ0n) is 16.3. The maximum absolute atomic E-state index is 5.55. The summed E-state index contributed by atoms with van der Waals surface area (Å²) in [6, 6.07) is 8.23. The first-order valence-electron chi connectivity index (χ1n) is 9.58. The zero-order valence-corrected chi connectivity index (χ0v) is 17.2. The molecule has 0 saturated carbocycles. The van der Waals surface area contributed by atoms with E-state index in [4.69, 9.17) is 14.5 Å². The van der Waals surface area contributed by atoms with Crippen LogP contribution in [0.4, 0.5) is 0 Å². The minimum Gasteiger partial charge on any atom is -0.497 e. The van der Waals surface area contributed by atoms with Crippen molar-refractivity contribution in [1.29, 1.82) is 0 Å². The van der Waals surface area contributed by atoms with Gasteiger partial charge in [-0.15, -0.1) is 0 Å². The lowest BCUT2D eigenvalue weighted by atomic mass is 9.99. The number of ether oxygens (including phenoxy) is 2. The van der Waals surface area contributed by atoms with Crippen LogP contribution in [-0.4, -0.2) is 56.4 Å². The molecule has 0 radical (unpaired) electrons. The number of methoxy groups -OCH3 is 1. The number of aliphatic imine (C=N–C) groups is 1. The third kappa shape index (κ3) is 6.72. The number of guanidine groups is 1. The third-order valence-corrected chi connectivity index (χ3v) is 6.03. The van der Waals surface area contributed by atoms with Gasteiger partial charge in [0.1, 0.15) is 5.75 Å². The highest BCUT2D eigenvalue weighted by Crippen LogP contribution is 2.35. The van der Waals surface area contributed by atoms with Crippen LogP contribution in [0.5, 0.6) is 5.75 Å². The first-order chi connectivity index (χ1) is 12.7. The molecule has 1 aromatic rings. The summed E-state index contributed by atoms with van der Waals surface area (Å²) >= 11 is 2.03. The molecule has 0 aliphatic carbocycles. The molecule has 0 aromatic heterocycles. The van der Waals surface area contributed by atoms with E-state index in [0.717, 1.165) is 69.6 Å². The maximum atomic E-state index is 5.55. The molecule has 146 valence electrons. The average molecular weight is 380 g/mol. The van der Waals surface area contributed by atoms with Crippen molar-refractivity contribution in [2.75, 3.05) is 45.7 Å². The second kappa shape index (κ2) is 11.3. The molecule has 6 heteroatoms. The molecule has 0 amide bonds. The van der Waals surface area contributed by atoms with E-state index in [2.05, 4.69) is 36.6 Å². The van der Waals surface area contributed by atoms with Gasteiger partial charge in [-0.3, -0.25) is 4.99 Å². The van der Waals surface area contributed by atoms with Gasteiger partial charge in [-0.2, -0.15) is 11.8 Å². The number of nitrogens with one attached hydrogen (secondary N) is 2. The topological polar surface area (TPSA) is 54.9 Å². The fourth-order valence-electron chi connectivity index (χ4n) is 3.08. The lowest BCUT2D eigenvalue weighted by molar-refractivity contribution is 0.0793. The highest BCUT2D eigenvalue weighted by atomic mass is 32.2. The molecule has 2 rings (SSSR count). The second-order valence-corrected chi connectivity index (χ2v) is 8.18. The molecule has 0 spiro atoms.